The molecule has 0 saturated heterocycles. The Morgan fingerprint density at radius 3 is 2.65 bits per heavy atom. The minimum atomic E-state index is -0.608. The summed E-state index contributed by atoms with van der Waals surface area (Å²) in [5.74, 6) is -0.987. The van der Waals surface area contributed by atoms with E-state index in [0.717, 1.165) is 11.6 Å². The van der Waals surface area contributed by atoms with Crippen LogP contribution in [0, 0.1) is 5.82 Å². The molecule has 0 bridgehead atoms. The van der Waals surface area contributed by atoms with E-state index in [-0.39, 0.29) is 23.2 Å². The van der Waals surface area contributed by atoms with E-state index >= 15 is 0 Å². The second kappa shape index (κ2) is 5.92. The molecule has 3 N–H and O–H groups in total. The quantitative estimate of drug-likeness (QED) is 0.850. The number of carbonyl (C=O) groups is 1. The van der Waals surface area contributed by atoms with E-state index in [9.17, 15) is 9.18 Å². The van der Waals surface area contributed by atoms with E-state index in [1.165, 1.54) is 12.1 Å². The Kier molecular flexibility index (Phi) is 4.25. The zero-order valence-corrected chi connectivity index (χ0v) is 11.6. The predicted molar refractivity (Wildman–Crippen MR) is 78.1 cm³/mol. The molecule has 104 valence electrons. The predicted octanol–water partition coefficient (Wildman–Crippen LogP) is 3.55. The highest BCUT2D eigenvalue weighted by atomic mass is 35.5. The van der Waals surface area contributed by atoms with E-state index in [1.807, 2.05) is 25.1 Å². The van der Waals surface area contributed by atoms with Gasteiger partial charge in [-0.25, -0.2) is 4.39 Å². The highest BCUT2D eigenvalue weighted by molar-refractivity contribution is 6.31. The van der Waals surface area contributed by atoms with Gasteiger partial charge < -0.3 is 11.1 Å². The molecule has 0 aliphatic carbocycles. The fourth-order valence-corrected chi connectivity index (χ4v) is 2.15. The van der Waals surface area contributed by atoms with Crippen molar-refractivity contribution in [3.05, 3.63) is 64.4 Å². The van der Waals surface area contributed by atoms with Crippen LogP contribution in [0.4, 0.5) is 10.1 Å². The van der Waals surface area contributed by atoms with Crippen molar-refractivity contribution in [2.45, 2.75) is 13.0 Å². The van der Waals surface area contributed by atoms with Crippen LogP contribution in [-0.2, 0) is 0 Å². The third kappa shape index (κ3) is 3.08. The number of anilines is 1. The van der Waals surface area contributed by atoms with Crippen LogP contribution in [0.3, 0.4) is 0 Å². The third-order valence-electron chi connectivity index (χ3n) is 2.98. The largest absolute Gasteiger partial charge is 0.396 e. The van der Waals surface area contributed by atoms with E-state index in [2.05, 4.69) is 5.32 Å². The molecule has 5 heteroatoms. The van der Waals surface area contributed by atoms with Crippen LogP contribution < -0.4 is 11.1 Å². The number of hydrogen-bond donors (Lipinski definition) is 2. The second-order valence-corrected chi connectivity index (χ2v) is 4.86. The summed E-state index contributed by atoms with van der Waals surface area (Å²) in [4.78, 5) is 12.0. The Hall–Kier alpha value is -2.07. The normalized spacial score (nSPS) is 11.9. The van der Waals surface area contributed by atoms with Crippen LogP contribution in [0.15, 0.2) is 42.5 Å². The summed E-state index contributed by atoms with van der Waals surface area (Å²) in [6, 6.07) is 10.9. The van der Waals surface area contributed by atoms with Gasteiger partial charge in [0, 0.05) is 10.6 Å². The summed E-state index contributed by atoms with van der Waals surface area (Å²) >= 11 is 6.07. The van der Waals surface area contributed by atoms with Crippen LogP contribution in [0.5, 0.6) is 0 Å². The minimum Gasteiger partial charge on any atom is -0.396 e. The van der Waals surface area contributed by atoms with Crippen LogP contribution in [-0.4, -0.2) is 5.91 Å². The van der Waals surface area contributed by atoms with E-state index in [1.54, 1.807) is 6.07 Å². The van der Waals surface area contributed by atoms with Crippen LogP contribution in [0.2, 0.25) is 5.02 Å². The smallest absolute Gasteiger partial charge is 0.251 e. The first-order valence-electron chi connectivity index (χ1n) is 6.09. The first kappa shape index (κ1) is 14.3. The standard InChI is InChI=1S/C15H14ClFN2O/c1-9(11-4-2-3-5-12(11)16)19-15(20)10-6-7-14(18)13(17)8-10/h2-9H,18H2,1H3,(H,19,20). The van der Waals surface area contributed by atoms with Crippen molar-refractivity contribution in [3.63, 3.8) is 0 Å². The summed E-state index contributed by atoms with van der Waals surface area (Å²) in [6.45, 7) is 1.81. The molecule has 1 atom stereocenters. The molecule has 3 nitrogen and oxygen atoms in total. The fourth-order valence-electron chi connectivity index (χ4n) is 1.85. The lowest BCUT2D eigenvalue weighted by Gasteiger charge is -2.15. The maximum atomic E-state index is 13.3. The number of nitrogen functional groups attached to an aromatic ring is 1. The van der Waals surface area contributed by atoms with Gasteiger partial charge >= 0.3 is 0 Å². The molecule has 1 amide bonds. The van der Waals surface area contributed by atoms with E-state index in [4.69, 9.17) is 17.3 Å². The summed E-state index contributed by atoms with van der Waals surface area (Å²) in [5, 5.41) is 3.34. The molecule has 0 fully saturated rings. The van der Waals surface area contributed by atoms with Crippen molar-refractivity contribution in [1.29, 1.82) is 0 Å². The number of halogens is 2. The Morgan fingerprint density at radius 2 is 2.00 bits per heavy atom. The summed E-state index contributed by atoms with van der Waals surface area (Å²) < 4.78 is 13.3. The van der Waals surface area contributed by atoms with Crippen LogP contribution in [0.1, 0.15) is 28.9 Å². The van der Waals surface area contributed by atoms with Gasteiger partial charge in [-0.1, -0.05) is 29.8 Å². The van der Waals surface area contributed by atoms with Crippen molar-refractivity contribution < 1.29 is 9.18 Å². The molecule has 0 radical (unpaired) electrons. The number of rotatable bonds is 3. The molecule has 0 saturated carbocycles. The summed E-state index contributed by atoms with van der Waals surface area (Å²) in [7, 11) is 0. The van der Waals surface area contributed by atoms with Gasteiger partial charge in [0.05, 0.1) is 11.7 Å². The molecular formula is C15H14ClFN2O. The zero-order valence-electron chi connectivity index (χ0n) is 10.9. The van der Waals surface area contributed by atoms with Gasteiger partial charge in [0.25, 0.3) is 5.91 Å². The summed E-state index contributed by atoms with van der Waals surface area (Å²) in [5.41, 5.74) is 6.41. The molecule has 2 rings (SSSR count). The first-order valence-corrected chi connectivity index (χ1v) is 6.47. The molecule has 1 unspecified atom stereocenters. The number of hydrogen-bond acceptors (Lipinski definition) is 2. The second-order valence-electron chi connectivity index (χ2n) is 4.45. The maximum absolute atomic E-state index is 13.3. The molecule has 2 aromatic carbocycles. The van der Waals surface area contributed by atoms with Crippen molar-refractivity contribution in [2.75, 3.05) is 5.73 Å². The van der Waals surface area contributed by atoms with Crippen LogP contribution in [0.25, 0.3) is 0 Å². The molecule has 0 aromatic heterocycles. The number of amides is 1. The van der Waals surface area contributed by atoms with Crippen molar-refractivity contribution in [1.82, 2.24) is 5.32 Å². The summed E-state index contributed by atoms with van der Waals surface area (Å²) in [6.07, 6.45) is 0. The maximum Gasteiger partial charge on any atom is 0.251 e. The molecule has 20 heavy (non-hydrogen) atoms. The van der Waals surface area contributed by atoms with E-state index < -0.39 is 5.82 Å². The zero-order chi connectivity index (χ0) is 14.7. The lowest BCUT2D eigenvalue weighted by Crippen LogP contribution is -2.27. The lowest BCUT2D eigenvalue weighted by atomic mass is 10.1. The van der Waals surface area contributed by atoms with Gasteiger partial charge in [-0.3, -0.25) is 4.79 Å². The molecule has 0 aliphatic rings. The number of benzene rings is 2. The number of nitrogens with two attached hydrogens (primary N) is 1. The minimum absolute atomic E-state index is 0.0145. The van der Waals surface area contributed by atoms with Gasteiger partial charge in [-0.15, -0.1) is 0 Å². The Labute approximate surface area is 121 Å². The molecule has 0 heterocycles. The van der Waals surface area contributed by atoms with Gasteiger partial charge in [-0.2, -0.15) is 0 Å². The highest BCUT2D eigenvalue weighted by Gasteiger charge is 2.14. The Balaban J connectivity index is 2.15. The molecule has 0 aliphatic heterocycles. The van der Waals surface area contributed by atoms with Gasteiger partial charge in [0.15, 0.2) is 0 Å². The van der Waals surface area contributed by atoms with Crippen molar-refractivity contribution in [3.8, 4) is 0 Å². The first-order chi connectivity index (χ1) is 9.49. The van der Waals surface area contributed by atoms with Gasteiger partial charge in [0.2, 0.25) is 0 Å². The number of nitrogens with one attached hydrogen (secondary N) is 1. The topological polar surface area (TPSA) is 55.1 Å². The SMILES string of the molecule is CC(NC(=O)c1ccc(N)c(F)c1)c1ccccc1Cl. The monoisotopic (exact) mass is 292 g/mol. The van der Waals surface area contributed by atoms with Crippen molar-refractivity contribution in [2.24, 2.45) is 0 Å². The van der Waals surface area contributed by atoms with Crippen molar-refractivity contribution >= 4 is 23.2 Å². The number of carbonyl (C=O) groups excluding carboxylic acids is 1. The molecule has 2 aromatic rings. The Bertz CT molecular complexity index is 646. The van der Waals surface area contributed by atoms with Gasteiger partial charge in [0.1, 0.15) is 5.82 Å². The lowest BCUT2D eigenvalue weighted by molar-refractivity contribution is 0.0939. The highest BCUT2D eigenvalue weighted by Crippen LogP contribution is 2.22. The van der Waals surface area contributed by atoms with Crippen LogP contribution >= 0.6 is 11.6 Å². The third-order valence-corrected chi connectivity index (χ3v) is 3.33. The van der Waals surface area contributed by atoms with E-state index in [0.29, 0.717) is 5.02 Å². The molecular weight excluding hydrogens is 279 g/mol. The fraction of sp³-hybridized carbons (Fsp3) is 0.133. The average Bonchev–Trinajstić information content (AvgIpc) is 2.42. The average molecular weight is 293 g/mol. The molecule has 0 spiro atoms. The Morgan fingerprint density at radius 1 is 1.30 bits per heavy atom. The van der Waals surface area contributed by atoms with Gasteiger partial charge in [-0.05, 0) is 36.8 Å².